The molecule has 0 saturated carbocycles. The Hall–Kier alpha value is -1.63. The van der Waals surface area contributed by atoms with E-state index in [4.69, 9.17) is 4.74 Å². The molecule has 3 rings (SSSR count). The highest BCUT2D eigenvalue weighted by atomic mass is 16.5. The Bertz CT molecular complexity index is 644. The van der Waals surface area contributed by atoms with Gasteiger partial charge < -0.3 is 24.5 Å². The lowest BCUT2D eigenvalue weighted by atomic mass is 9.96. The van der Waals surface area contributed by atoms with Gasteiger partial charge in [-0.05, 0) is 50.1 Å². The van der Waals surface area contributed by atoms with Crippen LogP contribution in [-0.2, 0) is 4.79 Å². The number of likely N-dealkylation sites (N-methyl/N-ethyl adjacent to an activating group) is 1. The first-order valence-electron chi connectivity index (χ1n) is 9.96. The van der Waals surface area contributed by atoms with E-state index in [0.29, 0.717) is 19.0 Å². The van der Waals surface area contributed by atoms with Gasteiger partial charge in [0, 0.05) is 58.3 Å². The third-order valence-corrected chi connectivity index (χ3v) is 6.09. The van der Waals surface area contributed by atoms with Crippen LogP contribution in [0.25, 0.3) is 0 Å². The molecule has 2 heterocycles. The SMILES string of the molecule is Cc1ccc(OCC(=O)N2C[C@@H](CN3CCN(C)CC3)[C@@H](CO)C2)cc1C. The molecule has 0 spiro atoms. The van der Waals surface area contributed by atoms with E-state index in [9.17, 15) is 9.90 Å². The number of aryl methyl sites for hydroxylation is 2. The van der Waals surface area contributed by atoms with Crippen LogP contribution in [0.1, 0.15) is 11.1 Å². The molecule has 1 aromatic carbocycles. The first-order chi connectivity index (χ1) is 13.0. The van der Waals surface area contributed by atoms with Crippen molar-refractivity contribution < 1.29 is 14.6 Å². The molecule has 2 aliphatic rings. The van der Waals surface area contributed by atoms with Gasteiger partial charge in [0.05, 0.1) is 0 Å². The molecule has 2 atom stereocenters. The molecule has 1 N–H and O–H groups in total. The lowest BCUT2D eigenvalue weighted by molar-refractivity contribution is -0.132. The van der Waals surface area contributed by atoms with Crippen molar-refractivity contribution in [2.24, 2.45) is 11.8 Å². The number of aliphatic hydroxyl groups excluding tert-OH is 1. The number of likely N-dealkylation sites (tertiary alicyclic amines) is 1. The van der Waals surface area contributed by atoms with E-state index in [0.717, 1.165) is 44.0 Å². The van der Waals surface area contributed by atoms with Crippen molar-refractivity contribution >= 4 is 5.91 Å². The average molecular weight is 376 g/mol. The Morgan fingerprint density at radius 3 is 2.48 bits per heavy atom. The quantitative estimate of drug-likeness (QED) is 0.804. The van der Waals surface area contributed by atoms with Crippen LogP contribution in [0.3, 0.4) is 0 Å². The van der Waals surface area contributed by atoms with E-state index < -0.39 is 0 Å². The van der Waals surface area contributed by atoms with Gasteiger partial charge in [0.25, 0.3) is 5.91 Å². The second-order valence-corrected chi connectivity index (χ2v) is 8.14. The molecule has 2 saturated heterocycles. The summed E-state index contributed by atoms with van der Waals surface area (Å²) in [6, 6.07) is 5.89. The van der Waals surface area contributed by atoms with Crippen LogP contribution in [0, 0.1) is 25.7 Å². The minimum Gasteiger partial charge on any atom is -0.484 e. The fraction of sp³-hybridized carbons (Fsp3) is 0.667. The van der Waals surface area contributed by atoms with E-state index in [-0.39, 0.29) is 25.0 Å². The monoisotopic (exact) mass is 375 g/mol. The van der Waals surface area contributed by atoms with Crippen LogP contribution >= 0.6 is 0 Å². The number of carbonyl (C=O) groups excluding carboxylic acids is 1. The normalized spacial score (nSPS) is 24.4. The summed E-state index contributed by atoms with van der Waals surface area (Å²) in [5.41, 5.74) is 2.37. The molecule has 2 aliphatic heterocycles. The molecule has 0 aliphatic carbocycles. The summed E-state index contributed by atoms with van der Waals surface area (Å²) in [7, 11) is 2.15. The van der Waals surface area contributed by atoms with Crippen LogP contribution in [0.15, 0.2) is 18.2 Å². The number of hydrogen-bond donors (Lipinski definition) is 1. The molecule has 0 bridgehead atoms. The van der Waals surface area contributed by atoms with Gasteiger partial charge in [-0.15, -0.1) is 0 Å². The van der Waals surface area contributed by atoms with Gasteiger partial charge in [-0.3, -0.25) is 4.79 Å². The average Bonchev–Trinajstić information content (AvgIpc) is 3.07. The number of amides is 1. The molecular formula is C21H33N3O3. The van der Waals surface area contributed by atoms with Gasteiger partial charge in [-0.25, -0.2) is 0 Å². The first-order valence-corrected chi connectivity index (χ1v) is 9.96. The number of piperazine rings is 1. The van der Waals surface area contributed by atoms with Crippen molar-refractivity contribution in [3.05, 3.63) is 29.3 Å². The second-order valence-electron chi connectivity index (χ2n) is 8.14. The molecular weight excluding hydrogens is 342 g/mol. The molecule has 150 valence electrons. The fourth-order valence-corrected chi connectivity index (χ4v) is 3.96. The van der Waals surface area contributed by atoms with Crippen molar-refractivity contribution in [2.75, 3.05) is 66.1 Å². The number of carbonyl (C=O) groups is 1. The van der Waals surface area contributed by atoms with E-state index in [2.05, 4.69) is 23.8 Å². The Kier molecular flexibility index (Phi) is 6.73. The summed E-state index contributed by atoms with van der Waals surface area (Å²) in [6.45, 7) is 10.9. The predicted molar refractivity (Wildman–Crippen MR) is 106 cm³/mol. The molecule has 0 unspecified atom stereocenters. The molecule has 0 radical (unpaired) electrons. The third kappa shape index (κ3) is 5.21. The van der Waals surface area contributed by atoms with Crippen LogP contribution in [-0.4, -0.2) is 91.8 Å². The highest BCUT2D eigenvalue weighted by Gasteiger charge is 2.36. The Morgan fingerprint density at radius 2 is 1.81 bits per heavy atom. The van der Waals surface area contributed by atoms with E-state index in [1.165, 1.54) is 5.56 Å². The summed E-state index contributed by atoms with van der Waals surface area (Å²) in [6.07, 6.45) is 0. The minimum atomic E-state index is 0.00700. The summed E-state index contributed by atoms with van der Waals surface area (Å²) < 4.78 is 5.71. The number of nitrogens with zero attached hydrogens (tertiary/aromatic N) is 3. The Labute approximate surface area is 162 Å². The molecule has 6 heteroatoms. The molecule has 1 amide bonds. The fourth-order valence-electron chi connectivity index (χ4n) is 3.96. The van der Waals surface area contributed by atoms with Gasteiger partial charge in [-0.2, -0.15) is 0 Å². The zero-order valence-electron chi connectivity index (χ0n) is 16.9. The van der Waals surface area contributed by atoms with Gasteiger partial charge in [0.15, 0.2) is 6.61 Å². The van der Waals surface area contributed by atoms with Crippen LogP contribution in [0.4, 0.5) is 0 Å². The Balaban J connectivity index is 1.50. The largest absolute Gasteiger partial charge is 0.484 e. The van der Waals surface area contributed by atoms with Crippen molar-refractivity contribution in [3.8, 4) is 5.75 Å². The summed E-state index contributed by atoms with van der Waals surface area (Å²) in [4.78, 5) is 19.3. The zero-order chi connectivity index (χ0) is 19.4. The van der Waals surface area contributed by atoms with Crippen molar-refractivity contribution in [1.29, 1.82) is 0 Å². The number of rotatable bonds is 6. The maximum Gasteiger partial charge on any atom is 0.260 e. The van der Waals surface area contributed by atoms with Gasteiger partial charge >= 0.3 is 0 Å². The van der Waals surface area contributed by atoms with Crippen molar-refractivity contribution in [3.63, 3.8) is 0 Å². The van der Waals surface area contributed by atoms with Crippen molar-refractivity contribution in [1.82, 2.24) is 14.7 Å². The van der Waals surface area contributed by atoms with Crippen LogP contribution in [0.5, 0.6) is 5.75 Å². The molecule has 1 aromatic rings. The smallest absolute Gasteiger partial charge is 0.260 e. The highest BCUT2D eigenvalue weighted by molar-refractivity contribution is 5.78. The standard InChI is InChI=1S/C21H33N3O3/c1-16-4-5-20(10-17(16)2)27-15-21(26)24-12-18(19(13-24)14-25)11-23-8-6-22(3)7-9-23/h4-5,10,18-19,25H,6-9,11-15H2,1-3H3/t18-,19-/m1/s1. The maximum atomic E-state index is 12.6. The summed E-state index contributed by atoms with van der Waals surface area (Å²) >= 11 is 0. The number of ether oxygens (including phenoxy) is 1. The lowest BCUT2D eigenvalue weighted by Crippen LogP contribution is -2.47. The zero-order valence-corrected chi connectivity index (χ0v) is 16.9. The minimum absolute atomic E-state index is 0.00700. The second kappa shape index (κ2) is 9.04. The van der Waals surface area contributed by atoms with Gasteiger partial charge in [0.2, 0.25) is 0 Å². The van der Waals surface area contributed by atoms with Crippen LogP contribution in [0.2, 0.25) is 0 Å². The molecule has 0 aromatic heterocycles. The number of hydrogen-bond acceptors (Lipinski definition) is 5. The van der Waals surface area contributed by atoms with E-state index >= 15 is 0 Å². The van der Waals surface area contributed by atoms with Crippen molar-refractivity contribution in [2.45, 2.75) is 13.8 Å². The molecule has 2 fully saturated rings. The summed E-state index contributed by atoms with van der Waals surface area (Å²) in [5, 5.41) is 9.78. The third-order valence-electron chi connectivity index (χ3n) is 6.09. The summed E-state index contributed by atoms with van der Waals surface area (Å²) in [5.74, 6) is 1.24. The van der Waals surface area contributed by atoms with Gasteiger partial charge in [-0.1, -0.05) is 6.07 Å². The van der Waals surface area contributed by atoms with E-state index in [1.54, 1.807) is 0 Å². The molecule has 6 nitrogen and oxygen atoms in total. The van der Waals surface area contributed by atoms with E-state index in [1.807, 2.05) is 30.0 Å². The predicted octanol–water partition coefficient (Wildman–Crippen LogP) is 0.997. The van der Waals surface area contributed by atoms with Crippen LogP contribution < -0.4 is 4.74 Å². The van der Waals surface area contributed by atoms with Gasteiger partial charge in [0.1, 0.15) is 5.75 Å². The topological polar surface area (TPSA) is 56.2 Å². The lowest BCUT2D eigenvalue weighted by Gasteiger charge is -2.34. The first kappa shape index (κ1) is 20.1. The number of aliphatic hydroxyl groups is 1. The highest BCUT2D eigenvalue weighted by Crippen LogP contribution is 2.25. The maximum absolute atomic E-state index is 12.6. The molecule has 27 heavy (non-hydrogen) atoms. The Morgan fingerprint density at radius 1 is 1.11 bits per heavy atom. The number of benzene rings is 1.